The molecule has 1 heterocycles. The van der Waals surface area contributed by atoms with E-state index in [4.69, 9.17) is 0 Å². The van der Waals surface area contributed by atoms with E-state index in [0.717, 1.165) is 28.8 Å². The molecular weight excluding hydrogens is 450 g/mol. The second-order valence-corrected chi connectivity index (χ2v) is 6.90. The lowest BCUT2D eigenvalue weighted by Crippen LogP contribution is -2.36. The van der Waals surface area contributed by atoms with Crippen molar-refractivity contribution in [2.75, 3.05) is 6.54 Å². The fourth-order valence-electron chi connectivity index (χ4n) is 2.15. The topological polar surface area (TPSA) is 49.3 Å². The lowest BCUT2D eigenvalue weighted by atomic mass is 10.1. The summed E-state index contributed by atoms with van der Waals surface area (Å²) in [5.41, 5.74) is 2.76. The fourth-order valence-corrected chi connectivity index (χ4v) is 3.04. The number of aromatic nitrogens is 1. The molecule has 138 valence electrons. The maximum Gasteiger partial charge on any atom is 0.191 e. The first kappa shape index (κ1) is 21.8. The molecule has 25 heavy (non-hydrogen) atoms. The van der Waals surface area contributed by atoms with Crippen molar-refractivity contribution in [3.63, 3.8) is 0 Å². The van der Waals surface area contributed by atoms with Gasteiger partial charge in [-0.15, -0.1) is 35.3 Å². The smallest absolute Gasteiger partial charge is 0.191 e. The van der Waals surface area contributed by atoms with Crippen molar-refractivity contribution in [2.24, 2.45) is 4.99 Å². The van der Waals surface area contributed by atoms with Crippen LogP contribution in [0.4, 0.5) is 4.39 Å². The van der Waals surface area contributed by atoms with E-state index in [1.54, 1.807) is 24.3 Å². The minimum Gasteiger partial charge on any atom is -0.357 e. The maximum absolute atomic E-state index is 13.3. The highest BCUT2D eigenvalue weighted by molar-refractivity contribution is 14.0. The zero-order valence-electron chi connectivity index (χ0n) is 15.1. The molecule has 7 heteroatoms. The van der Waals surface area contributed by atoms with Crippen LogP contribution in [0.15, 0.2) is 28.6 Å². The number of nitrogens with one attached hydrogen (secondary N) is 2. The zero-order valence-corrected chi connectivity index (χ0v) is 18.2. The number of guanidine groups is 1. The quantitative estimate of drug-likeness (QED) is 0.365. The highest BCUT2D eigenvalue weighted by atomic mass is 127. The zero-order chi connectivity index (χ0) is 17.5. The normalized spacial score (nSPS) is 11.4. The Balaban J connectivity index is 0.00000312. The van der Waals surface area contributed by atoms with Gasteiger partial charge in [-0.2, -0.15) is 0 Å². The molecule has 0 aliphatic carbocycles. The Morgan fingerprint density at radius 2 is 2.08 bits per heavy atom. The summed E-state index contributed by atoms with van der Waals surface area (Å²) in [4.78, 5) is 9.17. The van der Waals surface area contributed by atoms with Crippen molar-refractivity contribution in [1.82, 2.24) is 15.6 Å². The molecule has 0 fully saturated rings. The summed E-state index contributed by atoms with van der Waals surface area (Å²) >= 11 is 1.66. The van der Waals surface area contributed by atoms with E-state index >= 15 is 0 Å². The van der Waals surface area contributed by atoms with E-state index < -0.39 is 0 Å². The van der Waals surface area contributed by atoms with Crippen molar-refractivity contribution in [3.8, 4) is 0 Å². The molecule has 0 atom stereocenters. The molecule has 0 bridgehead atoms. The lowest BCUT2D eigenvalue weighted by molar-refractivity contribution is 0.617. The van der Waals surface area contributed by atoms with Crippen LogP contribution in [0.1, 0.15) is 48.5 Å². The number of aliphatic imine (C=N–C) groups is 1. The summed E-state index contributed by atoms with van der Waals surface area (Å²) in [6.45, 7) is 10.0. The van der Waals surface area contributed by atoms with Crippen LogP contribution in [0.2, 0.25) is 0 Å². The van der Waals surface area contributed by atoms with Crippen LogP contribution in [0.5, 0.6) is 0 Å². The average Bonchev–Trinajstić information content (AvgIpc) is 3.02. The number of halogens is 2. The fraction of sp³-hybridized carbons (Fsp3) is 0.444. The van der Waals surface area contributed by atoms with Crippen LogP contribution in [-0.2, 0) is 13.1 Å². The Morgan fingerprint density at radius 3 is 2.68 bits per heavy atom. The Bertz CT molecular complexity index is 700. The van der Waals surface area contributed by atoms with Crippen LogP contribution < -0.4 is 10.6 Å². The van der Waals surface area contributed by atoms with Crippen molar-refractivity contribution < 1.29 is 4.39 Å². The van der Waals surface area contributed by atoms with Crippen molar-refractivity contribution >= 4 is 41.3 Å². The number of rotatable bonds is 6. The first-order chi connectivity index (χ1) is 11.5. The highest BCUT2D eigenvalue weighted by Gasteiger charge is 2.06. The third-order valence-electron chi connectivity index (χ3n) is 3.55. The predicted octanol–water partition coefficient (Wildman–Crippen LogP) is 4.59. The first-order valence-corrected chi connectivity index (χ1v) is 9.09. The van der Waals surface area contributed by atoms with Gasteiger partial charge < -0.3 is 10.6 Å². The van der Waals surface area contributed by atoms with Gasteiger partial charge in [0, 0.05) is 11.9 Å². The molecule has 2 N–H and O–H groups in total. The van der Waals surface area contributed by atoms with Gasteiger partial charge in [-0.05, 0) is 37.0 Å². The molecule has 0 aliphatic rings. The highest BCUT2D eigenvalue weighted by Crippen LogP contribution is 2.17. The molecule has 2 rings (SSSR count). The van der Waals surface area contributed by atoms with Crippen molar-refractivity contribution in [2.45, 2.75) is 46.7 Å². The Morgan fingerprint density at radius 1 is 1.32 bits per heavy atom. The van der Waals surface area contributed by atoms with Gasteiger partial charge in [0.2, 0.25) is 0 Å². The number of benzene rings is 1. The summed E-state index contributed by atoms with van der Waals surface area (Å²) < 4.78 is 13.3. The Hall–Kier alpha value is -1.22. The third kappa shape index (κ3) is 6.89. The summed E-state index contributed by atoms with van der Waals surface area (Å²) in [7, 11) is 0. The molecule has 0 amide bonds. The monoisotopic (exact) mass is 476 g/mol. The molecule has 0 unspecified atom stereocenters. The van der Waals surface area contributed by atoms with E-state index in [-0.39, 0.29) is 29.8 Å². The minimum atomic E-state index is -0.183. The molecule has 0 radical (unpaired) electrons. The lowest BCUT2D eigenvalue weighted by Gasteiger charge is -2.10. The van der Waals surface area contributed by atoms with Crippen LogP contribution in [0.25, 0.3) is 0 Å². The Labute approximate surface area is 170 Å². The Kier molecular flexibility index (Phi) is 9.34. The second kappa shape index (κ2) is 10.7. The molecule has 1 aromatic heterocycles. The number of aryl methyl sites for hydroxylation is 1. The van der Waals surface area contributed by atoms with Crippen LogP contribution in [-0.4, -0.2) is 17.5 Å². The number of nitrogens with zero attached hydrogens (tertiary/aromatic N) is 2. The standard InChI is InChI=1S/C18H25FN4S.HI/c1-5-20-18(21-9-14-6-7-15(19)13(4)8-14)22-10-17-23-16(11-24-17)12(2)3;/h6-8,11-12H,5,9-10H2,1-4H3,(H2,20,21,22);1H. The molecule has 2 aromatic rings. The first-order valence-electron chi connectivity index (χ1n) is 8.21. The molecule has 4 nitrogen and oxygen atoms in total. The predicted molar refractivity (Wildman–Crippen MR) is 114 cm³/mol. The van der Waals surface area contributed by atoms with Gasteiger partial charge in [-0.1, -0.05) is 26.0 Å². The molecule has 1 aromatic carbocycles. The third-order valence-corrected chi connectivity index (χ3v) is 4.42. The number of hydrogen-bond donors (Lipinski definition) is 2. The molecular formula is C18H26FIN4S. The summed E-state index contributed by atoms with van der Waals surface area (Å²) in [5.74, 6) is 0.997. The SMILES string of the molecule is CCNC(=NCc1ccc(F)c(C)c1)NCc1nc(C(C)C)cs1.I. The largest absolute Gasteiger partial charge is 0.357 e. The molecule has 0 aliphatic heterocycles. The van der Waals surface area contributed by atoms with Gasteiger partial charge >= 0.3 is 0 Å². The van der Waals surface area contributed by atoms with E-state index in [9.17, 15) is 4.39 Å². The van der Waals surface area contributed by atoms with Crippen LogP contribution in [0.3, 0.4) is 0 Å². The number of hydrogen-bond acceptors (Lipinski definition) is 3. The maximum atomic E-state index is 13.3. The van der Waals surface area contributed by atoms with E-state index in [1.807, 2.05) is 13.0 Å². The van der Waals surface area contributed by atoms with E-state index in [2.05, 4.69) is 39.8 Å². The van der Waals surface area contributed by atoms with E-state index in [1.165, 1.54) is 6.07 Å². The van der Waals surface area contributed by atoms with Gasteiger partial charge in [0.05, 0.1) is 18.8 Å². The molecule has 0 saturated heterocycles. The number of thiazole rings is 1. The summed E-state index contributed by atoms with van der Waals surface area (Å²) in [6.07, 6.45) is 0. The van der Waals surface area contributed by atoms with Crippen LogP contribution in [0, 0.1) is 12.7 Å². The molecule has 0 spiro atoms. The average molecular weight is 476 g/mol. The van der Waals surface area contributed by atoms with Gasteiger partial charge in [0.25, 0.3) is 0 Å². The van der Waals surface area contributed by atoms with Gasteiger partial charge in [-0.25, -0.2) is 14.4 Å². The molecule has 0 saturated carbocycles. The summed E-state index contributed by atoms with van der Waals surface area (Å²) in [6, 6.07) is 5.09. The van der Waals surface area contributed by atoms with Gasteiger partial charge in [0.15, 0.2) is 5.96 Å². The minimum absolute atomic E-state index is 0. The van der Waals surface area contributed by atoms with Gasteiger partial charge in [-0.3, -0.25) is 0 Å². The second-order valence-electron chi connectivity index (χ2n) is 5.95. The van der Waals surface area contributed by atoms with Crippen molar-refractivity contribution in [1.29, 1.82) is 0 Å². The summed E-state index contributed by atoms with van der Waals surface area (Å²) in [5, 5.41) is 9.67. The van der Waals surface area contributed by atoms with E-state index in [0.29, 0.717) is 24.6 Å². The van der Waals surface area contributed by atoms with Gasteiger partial charge in [0.1, 0.15) is 10.8 Å². The van der Waals surface area contributed by atoms with Crippen molar-refractivity contribution in [3.05, 3.63) is 51.2 Å². The van der Waals surface area contributed by atoms with Crippen LogP contribution >= 0.6 is 35.3 Å².